The van der Waals surface area contributed by atoms with E-state index in [9.17, 15) is 17.2 Å². The molecule has 31 heavy (non-hydrogen) atoms. The molecule has 7 nitrogen and oxygen atoms in total. The Morgan fingerprint density at radius 2 is 1.87 bits per heavy atom. The maximum atomic E-state index is 14.6. The number of piperidine rings is 1. The van der Waals surface area contributed by atoms with Crippen LogP contribution in [-0.4, -0.2) is 38.5 Å². The molecule has 1 saturated heterocycles. The van der Waals surface area contributed by atoms with Crippen LogP contribution < -0.4 is 15.5 Å². The molecule has 2 aromatic rings. The predicted molar refractivity (Wildman–Crippen MR) is 126 cm³/mol. The zero-order valence-corrected chi connectivity index (χ0v) is 20.3. The zero-order valence-electron chi connectivity index (χ0n) is 16.6. The van der Waals surface area contributed by atoms with E-state index in [4.69, 9.17) is 16.4 Å². The molecule has 0 saturated carbocycles. The molecule has 1 fully saturated rings. The number of hydrogen-bond donors (Lipinski definition) is 3. The number of hydroxylamine groups is 1. The first-order chi connectivity index (χ1) is 14.7. The van der Waals surface area contributed by atoms with E-state index < -0.39 is 21.8 Å². The topological polar surface area (TPSA) is 82.7 Å². The van der Waals surface area contributed by atoms with Crippen LogP contribution in [0.15, 0.2) is 30.3 Å². The molecular weight excluding hydrogens is 565 g/mol. The summed E-state index contributed by atoms with van der Waals surface area (Å²) in [7, 11) is -3.99. The fraction of sp³-hybridized carbons (Fsp3) is 0.368. The fourth-order valence-corrected chi connectivity index (χ4v) is 5.27. The molecule has 0 unspecified atom stereocenters. The van der Waals surface area contributed by atoms with E-state index in [-0.39, 0.29) is 35.5 Å². The molecule has 0 atom stereocenters. The van der Waals surface area contributed by atoms with Gasteiger partial charge in [0.25, 0.3) is 0 Å². The first-order valence-electron chi connectivity index (χ1n) is 9.56. The van der Waals surface area contributed by atoms with Crippen molar-refractivity contribution in [1.29, 1.82) is 0 Å². The van der Waals surface area contributed by atoms with Gasteiger partial charge in [0.2, 0.25) is 0 Å². The quantitative estimate of drug-likeness (QED) is 0.311. The van der Waals surface area contributed by atoms with E-state index in [1.54, 1.807) is 18.2 Å². The molecular formula is C19H22ClF2IN4O3S. The average Bonchev–Trinajstić information content (AvgIpc) is 2.73. The van der Waals surface area contributed by atoms with E-state index in [1.807, 2.05) is 6.92 Å². The van der Waals surface area contributed by atoms with Crippen LogP contribution >= 0.6 is 34.2 Å². The molecule has 3 N–H and O–H groups in total. The minimum absolute atomic E-state index is 0.0508. The molecule has 2 aromatic carbocycles. The van der Waals surface area contributed by atoms with Crippen molar-refractivity contribution in [3.63, 3.8) is 0 Å². The number of nitrogens with zero attached hydrogens (tertiary/aromatic N) is 1. The molecule has 12 heteroatoms. The van der Waals surface area contributed by atoms with Crippen LogP contribution in [0, 0.1) is 15.2 Å². The molecule has 1 heterocycles. The van der Waals surface area contributed by atoms with Gasteiger partial charge in [-0.1, -0.05) is 11.6 Å². The minimum atomic E-state index is -3.99. The maximum Gasteiger partial charge on any atom is 0.301 e. The van der Waals surface area contributed by atoms with Gasteiger partial charge in [0.15, 0.2) is 11.6 Å². The van der Waals surface area contributed by atoms with Gasteiger partial charge in [0.1, 0.15) is 5.69 Å². The smallest absolute Gasteiger partial charge is 0.301 e. The third kappa shape index (κ3) is 6.17. The second kappa shape index (κ2) is 10.6. The highest BCUT2D eigenvalue weighted by molar-refractivity contribution is 14.1. The summed E-state index contributed by atoms with van der Waals surface area (Å²) in [6.07, 6.45) is 1.12. The molecule has 0 spiro atoms. The van der Waals surface area contributed by atoms with E-state index in [1.165, 1.54) is 10.4 Å². The normalized spacial score (nSPS) is 15.8. The van der Waals surface area contributed by atoms with Gasteiger partial charge in [-0.2, -0.15) is 18.2 Å². The van der Waals surface area contributed by atoms with Gasteiger partial charge in [-0.3, -0.25) is 4.72 Å². The van der Waals surface area contributed by atoms with Crippen molar-refractivity contribution >= 4 is 61.5 Å². The van der Waals surface area contributed by atoms with Crippen LogP contribution in [0.25, 0.3) is 0 Å². The number of nitrogens with one attached hydrogen (secondary N) is 3. The van der Waals surface area contributed by atoms with E-state index in [2.05, 4.69) is 38.1 Å². The van der Waals surface area contributed by atoms with Crippen LogP contribution in [0.1, 0.15) is 19.8 Å². The minimum Gasteiger partial charge on any atom is -0.350 e. The number of hydrogen-bond acceptors (Lipinski definition) is 5. The van der Waals surface area contributed by atoms with Crippen LogP contribution in [-0.2, 0) is 15.0 Å². The molecule has 3 rings (SSSR count). The Kier molecular flexibility index (Phi) is 8.32. The van der Waals surface area contributed by atoms with Crippen molar-refractivity contribution < 1.29 is 22.0 Å². The van der Waals surface area contributed by atoms with E-state index >= 15 is 0 Å². The van der Waals surface area contributed by atoms with Crippen LogP contribution in [0.3, 0.4) is 0 Å². The molecule has 0 amide bonds. The zero-order chi connectivity index (χ0) is 22.6. The highest BCUT2D eigenvalue weighted by Crippen LogP contribution is 2.34. The lowest BCUT2D eigenvalue weighted by Crippen LogP contribution is -2.46. The van der Waals surface area contributed by atoms with Gasteiger partial charge < -0.3 is 10.2 Å². The van der Waals surface area contributed by atoms with Gasteiger partial charge >= 0.3 is 10.2 Å². The Labute approximate surface area is 198 Å². The summed E-state index contributed by atoms with van der Waals surface area (Å²) >= 11 is 8.25. The Morgan fingerprint density at radius 1 is 1.19 bits per heavy atom. The Hall–Kier alpha value is -1.25. The van der Waals surface area contributed by atoms with Crippen LogP contribution in [0.5, 0.6) is 0 Å². The van der Waals surface area contributed by atoms with Crippen LogP contribution in [0.2, 0.25) is 5.02 Å². The molecule has 0 aromatic heterocycles. The summed E-state index contributed by atoms with van der Waals surface area (Å²) < 4.78 is 58.7. The van der Waals surface area contributed by atoms with Gasteiger partial charge in [-0.15, -0.1) is 0 Å². The summed E-state index contributed by atoms with van der Waals surface area (Å²) in [5, 5.41) is 3.00. The lowest BCUT2D eigenvalue weighted by Gasteiger charge is -2.31. The molecule has 0 radical (unpaired) electrons. The third-order valence-electron chi connectivity index (χ3n) is 4.71. The van der Waals surface area contributed by atoms with Crippen molar-refractivity contribution in [3.8, 4) is 0 Å². The summed E-state index contributed by atoms with van der Waals surface area (Å²) in [6.45, 7) is 2.88. The van der Waals surface area contributed by atoms with Gasteiger partial charge in [0, 0.05) is 22.7 Å². The number of anilines is 3. The maximum absolute atomic E-state index is 14.6. The van der Waals surface area contributed by atoms with Crippen molar-refractivity contribution in [1.82, 2.24) is 9.79 Å². The number of halogens is 4. The SMILES string of the molecule is CCONC1CCN(S(=O)(=O)Nc2ccc(F)c(F)c2Nc2ccc(I)cc2Cl)CC1. The number of benzene rings is 2. The lowest BCUT2D eigenvalue weighted by atomic mass is 10.1. The van der Waals surface area contributed by atoms with Gasteiger partial charge in [-0.05, 0) is 72.7 Å². The van der Waals surface area contributed by atoms with E-state index in [0.29, 0.717) is 25.1 Å². The Balaban J connectivity index is 1.80. The van der Waals surface area contributed by atoms with Gasteiger partial charge in [0.05, 0.1) is 23.0 Å². The summed E-state index contributed by atoms with van der Waals surface area (Å²) in [5.41, 5.74) is 2.74. The second-order valence-electron chi connectivity index (χ2n) is 6.86. The number of rotatable bonds is 8. The summed E-state index contributed by atoms with van der Waals surface area (Å²) in [4.78, 5) is 5.17. The van der Waals surface area contributed by atoms with Crippen molar-refractivity contribution in [2.24, 2.45) is 0 Å². The summed E-state index contributed by atoms with van der Waals surface area (Å²) in [5.74, 6) is -2.33. The molecule has 1 aliphatic rings. The monoisotopic (exact) mass is 586 g/mol. The second-order valence-corrected chi connectivity index (χ2v) is 10.2. The third-order valence-corrected chi connectivity index (χ3v) is 7.22. The fourth-order valence-electron chi connectivity index (χ4n) is 3.10. The molecule has 170 valence electrons. The summed E-state index contributed by atoms with van der Waals surface area (Å²) in [6, 6.07) is 7.06. The van der Waals surface area contributed by atoms with Crippen molar-refractivity contribution in [3.05, 3.63) is 50.6 Å². The Morgan fingerprint density at radius 3 is 2.52 bits per heavy atom. The van der Waals surface area contributed by atoms with E-state index in [0.717, 1.165) is 9.64 Å². The Bertz CT molecular complexity index is 1040. The van der Waals surface area contributed by atoms with Crippen molar-refractivity contribution in [2.75, 3.05) is 29.7 Å². The lowest BCUT2D eigenvalue weighted by molar-refractivity contribution is 0.0124. The standard InChI is InChI=1S/C19H22ClF2IN4O3S/c1-2-30-25-13-7-9-27(10-8-13)31(28,29)26-17-6-4-15(21)18(22)19(17)24-16-5-3-12(23)11-14(16)20/h3-6,11,13,24-26H,2,7-10H2,1H3. The molecule has 0 aliphatic carbocycles. The first kappa shape index (κ1) is 24.4. The highest BCUT2D eigenvalue weighted by Gasteiger charge is 2.29. The average molecular weight is 587 g/mol. The predicted octanol–water partition coefficient (Wildman–Crippen LogP) is 4.63. The van der Waals surface area contributed by atoms with Crippen LogP contribution in [0.4, 0.5) is 25.8 Å². The highest BCUT2D eigenvalue weighted by atomic mass is 127. The van der Waals surface area contributed by atoms with Gasteiger partial charge in [-0.25, -0.2) is 8.78 Å². The molecule has 1 aliphatic heterocycles. The molecule has 0 bridgehead atoms. The van der Waals surface area contributed by atoms with Crippen molar-refractivity contribution in [2.45, 2.75) is 25.8 Å². The largest absolute Gasteiger partial charge is 0.350 e. The first-order valence-corrected chi connectivity index (χ1v) is 12.5.